The highest BCUT2D eigenvalue weighted by atomic mass is 16.5. The van der Waals surface area contributed by atoms with Gasteiger partial charge in [-0.25, -0.2) is 0 Å². The van der Waals surface area contributed by atoms with Crippen molar-refractivity contribution in [3.63, 3.8) is 0 Å². The van der Waals surface area contributed by atoms with Crippen molar-refractivity contribution in [2.24, 2.45) is 29.6 Å². The van der Waals surface area contributed by atoms with E-state index in [1.807, 2.05) is 24.3 Å². The van der Waals surface area contributed by atoms with Gasteiger partial charge in [-0.3, -0.25) is 9.59 Å². The molecule has 5 aliphatic rings. The zero-order valence-electron chi connectivity index (χ0n) is 17.7. The van der Waals surface area contributed by atoms with Crippen molar-refractivity contribution in [3.8, 4) is 0 Å². The summed E-state index contributed by atoms with van der Waals surface area (Å²) in [5.74, 6) is 2.14. The Morgan fingerprint density at radius 2 is 1.60 bits per heavy atom. The molecule has 1 N–H and O–H groups in total. The molecule has 1 aromatic rings. The van der Waals surface area contributed by atoms with E-state index in [0.29, 0.717) is 11.8 Å². The first kappa shape index (κ1) is 19.9. The molecule has 0 spiro atoms. The zero-order chi connectivity index (χ0) is 20.7. The lowest BCUT2D eigenvalue weighted by Gasteiger charge is -2.53. The number of rotatable bonds is 5. The monoisotopic (exact) mass is 412 g/mol. The first-order valence-electron chi connectivity index (χ1n) is 11.5. The predicted octanol–water partition coefficient (Wildman–Crippen LogP) is 3.47. The molecule has 6 nitrogen and oxygen atoms in total. The molecule has 6 rings (SSSR count). The molecule has 1 aliphatic heterocycles. The topological polar surface area (TPSA) is 67.9 Å². The lowest BCUT2D eigenvalue weighted by atomic mass is 9.52. The average molecular weight is 413 g/mol. The molecule has 1 aromatic carbocycles. The molecule has 1 amide bonds. The lowest BCUT2D eigenvalue weighted by molar-refractivity contribution is -0.169. The number of hydrogen-bond donors (Lipinski definition) is 1. The summed E-state index contributed by atoms with van der Waals surface area (Å²) in [7, 11) is 0. The van der Waals surface area contributed by atoms with Gasteiger partial charge in [0.25, 0.3) is 5.91 Å². The molecule has 1 saturated heterocycles. The Bertz CT molecular complexity index is 759. The number of amides is 1. The van der Waals surface area contributed by atoms with Crippen LogP contribution >= 0.6 is 0 Å². The maximum atomic E-state index is 12.9. The Kier molecular flexibility index (Phi) is 5.44. The van der Waals surface area contributed by atoms with E-state index in [-0.39, 0.29) is 17.8 Å². The summed E-state index contributed by atoms with van der Waals surface area (Å²) in [5, 5.41) is 2.89. The van der Waals surface area contributed by atoms with Crippen molar-refractivity contribution < 1.29 is 19.1 Å². The number of esters is 1. The quantitative estimate of drug-likeness (QED) is 0.750. The number of hydrogen-bond acceptors (Lipinski definition) is 5. The fourth-order valence-corrected chi connectivity index (χ4v) is 6.44. The molecule has 4 bridgehead atoms. The molecule has 0 aromatic heterocycles. The molecular weight excluding hydrogens is 380 g/mol. The number of carbonyl (C=O) groups is 2. The normalized spacial score (nSPS) is 33.2. The molecule has 5 fully saturated rings. The van der Waals surface area contributed by atoms with Crippen LogP contribution in [0, 0.1) is 29.6 Å². The summed E-state index contributed by atoms with van der Waals surface area (Å²) in [6, 6.07) is 7.81. The standard InChI is InChI=1S/C24H32N2O4/c1-15(30-24(28)22-18-11-16-10-17(13-18)14-19(22)12-16)23(27)25-20-2-4-21(5-3-20)26-6-8-29-9-7-26/h2-5,15-19,22H,6-14H2,1H3,(H,25,27)/t15-,16?,17?,18?,19?,22?/m0/s1. The minimum absolute atomic E-state index is 0.000793. The Balaban J connectivity index is 1.15. The van der Waals surface area contributed by atoms with Crippen LogP contribution in [0.25, 0.3) is 0 Å². The number of ether oxygens (including phenoxy) is 2. The molecule has 1 atom stereocenters. The van der Waals surface area contributed by atoms with Gasteiger partial charge >= 0.3 is 5.97 Å². The Morgan fingerprint density at radius 1 is 1.00 bits per heavy atom. The van der Waals surface area contributed by atoms with Gasteiger partial charge in [0.1, 0.15) is 0 Å². The van der Waals surface area contributed by atoms with Crippen LogP contribution in [0.2, 0.25) is 0 Å². The highest BCUT2D eigenvalue weighted by Gasteiger charge is 2.51. The first-order valence-corrected chi connectivity index (χ1v) is 11.5. The van der Waals surface area contributed by atoms with Crippen LogP contribution in [0.1, 0.15) is 39.0 Å². The minimum atomic E-state index is -0.784. The molecular formula is C24H32N2O4. The number of nitrogens with zero attached hydrogens (tertiary/aromatic N) is 1. The molecule has 1 heterocycles. The molecule has 0 unspecified atom stereocenters. The van der Waals surface area contributed by atoms with Crippen molar-refractivity contribution >= 4 is 23.3 Å². The number of nitrogens with one attached hydrogen (secondary N) is 1. The van der Waals surface area contributed by atoms with Crippen molar-refractivity contribution in [3.05, 3.63) is 24.3 Å². The van der Waals surface area contributed by atoms with E-state index < -0.39 is 6.10 Å². The summed E-state index contributed by atoms with van der Waals surface area (Å²) in [6.07, 6.45) is 5.25. The van der Waals surface area contributed by atoms with E-state index in [9.17, 15) is 9.59 Å². The summed E-state index contributed by atoms with van der Waals surface area (Å²) in [5.41, 5.74) is 1.84. The number of carbonyl (C=O) groups excluding carboxylic acids is 2. The summed E-state index contributed by atoms with van der Waals surface area (Å²) in [6.45, 7) is 4.91. The summed E-state index contributed by atoms with van der Waals surface area (Å²) < 4.78 is 11.0. The second-order valence-electron chi connectivity index (χ2n) is 9.67. The van der Waals surface area contributed by atoms with Gasteiger partial charge in [0.15, 0.2) is 6.10 Å². The van der Waals surface area contributed by atoms with Crippen LogP contribution in [0.3, 0.4) is 0 Å². The summed E-state index contributed by atoms with van der Waals surface area (Å²) in [4.78, 5) is 27.8. The molecule has 30 heavy (non-hydrogen) atoms. The third-order valence-electron chi connectivity index (χ3n) is 7.67. The van der Waals surface area contributed by atoms with Gasteiger partial charge in [-0.05, 0) is 87.0 Å². The van der Waals surface area contributed by atoms with Crippen LogP contribution in [-0.4, -0.2) is 44.3 Å². The van der Waals surface area contributed by atoms with E-state index in [4.69, 9.17) is 9.47 Å². The molecule has 0 radical (unpaired) electrons. The zero-order valence-corrected chi connectivity index (χ0v) is 17.7. The van der Waals surface area contributed by atoms with Crippen molar-refractivity contribution in [2.75, 3.05) is 36.5 Å². The van der Waals surface area contributed by atoms with Crippen molar-refractivity contribution in [1.82, 2.24) is 0 Å². The molecule has 162 valence electrons. The molecule has 4 aliphatic carbocycles. The van der Waals surface area contributed by atoms with E-state index in [1.165, 1.54) is 32.1 Å². The van der Waals surface area contributed by atoms with E-state index >= 15 is 0 Å². The van der Waals surface area contributed by atoms with Gasteiger partial charge in [0.2, 0.25) is 0 Å². The number of anilines is 2. The average Bonchev–Trinajstić information content (AvgIpc) is 2.74. The highest BCUT2D eigenvalue weighted by molar-refractivity contribution is 5.95. The summed E-state index contributed by atoms with van der Waals surface area (Å²) >= 11 is 0. The Labute approximate surface area is 178 Å². The van der Waals surface area contributed by atoms with Crippen LogP contribution in [0.5, 0.6) is 0 Å². The minimum Gasteiger partial charge on any atom is -0.452 e. The van der Waals surface area contributed by atoms with Crippen molar-refractivity contribution in [2.45, 2.75) is 45.1 Å². The van der Waals surface area contributed by atoms with Gasteiger partial charge in [0, 0.05) is 24.5 Å². The van der Waals surface area contributed by atoms with Crippen LogP contribution in [0.15, 0.2) is 24.3 Å². The molecule has 4 saturated carbocycles. The SMILES string of the molecule is C[C@H](OC(=O)C1C2CC3CC(C2)CC1C3)C(=O)Nc1ccc(N2CCOCC2)cc1. The smallest absolute Gasteiger partial charge is 0.310 e. The third kappa shape index (κ3) is 3.94. The highest BCUT2D eigenvalue weighted by Crippen LogP contribution is 2.56. The second-order valence-corrected chi connectivity index (χ2v) is 9.67. The van der Waals surface area contributed by atoms with Crippen LogP contribution in [-0.2, 0) is 19.1 Å². The maximum absolute atomic E-state index is 12.9. The molecule has 6 heteroatoms. The van der Waals surface area contributed by atoms with Gasteiger partial charge in [-0.1, -0.05) is 0 Å². The second kappa shape index (κ2) is 8.22. The number of morpholine rings is 1. The van der Waals surface area contributed by atoms with Crippen molar-refractivity contribution in [1.29, 1.82) is 0 Å². The fraction of sp³-hybridized carbons (Fsp3) is 0.667. The van der Waals surface area contributed by atoms with Crippen LogP contribution < -0.4 is 10.2 Å². The number of benzene rings is 1. The van der Waals surface area contributed by atoms with E-state index in [2.05, 4.69) is 10.2 Å². The fourth-order valence-electron chi connectivity index (χ4n) is 6.44. The van der Waals surface area contributed by atoms with Crippen LogP contribution in [0.4, 0.5) is 11.4 Å². The van der Waals surface area contributed by atoms with Gasteiger partial charge in [0.05, 0.1) is 19.1 Å². The third-order valence-corrected chi connectivity index (χ3v) is 7.67. The van der Waals surface area contributed by atoms with Gasteiger partial charge < -0.3 is 19.7 Å². The van der Waals surface area contributed by atoms with E-state index in [1.54, 1.807) is 6.92 Å². The first-order chi connectivity index (χ1) is 14.6. The Hall–Kier alpha value is -2.08. The predicted molar refractivity (Wildman–Crippen MR) is 114 cm³/mol. The Morgan fingerprint density at radius 3 is 2.20 bits per heavy atom. The lowest BCUT2D eigenvalue weighted by Crippen LogP contribution is -2.49. The van der Waals surface area contributed by atoms with Gasteiger partial charge in [-0.15, -0.1) is 0 Å². The van der Waals surface area contributed by atoms with E-state index in [0.717, 1.165) is 49.5 Å². The largest absolute Gasteiger partial charge is 0.452 e. The van der Waals surface area contributed by atoms with Gasteiger partial charge in [-0.2, -0.15) is 0 Å². The maximum Gasteiger partial charge on any atom is 0.310 e.